The summed E-state index contributed by atoms with van der Waals surface area (Å²) in [4.78, 5) is 0. The number of rotatable bonds is 2. The van der Waals surface area contributed by atoms with Crippen LogP contribution in [0.4, 0.5) is 0 Å². The Labute approximate surface area is 97.3 Å². The van der Waals surface area contributed by atoms with E-state index in [-0.39, 0.29) is 11.7 Å². The third-order valence-electron chi connectivity index (χ3n) is 3.04. The minimum absolute atomic E-state index is 0.0429. The Hall–Kier alpha value is -1.02. The molecule has 1 aromatic rings. The van der Waals surface area contributed by atoms with Crippen LogP contribution in [0.2, 0.25) is 0 Å². The molecule has 1 aromatic carbocycles. The van der Waals surface area contributed by atoms with Gasteiger partial charge in [-0.25, -0.2) is 0 Å². The molecule has 0 saturated heterocycles. The Morgan fingerprint density at radius 3 is 2.88 bits per heavy atom. The van der Waals surface area contributed by atoms with E-state index in [9.17, 15) is 5.11 Å². The average molecular weight is 220 g/mol. The van der Waals surface area contributed by atoms with Crippen molar-refractivity contribution in [2.24, 2.45) is 0 Å². The molecule has 16 heavy (non-hydrogen) atoms. The van der Waals surface area contributed by atoms with Gasteiger partial charge in [-0.1, -0.05) is 12.1 Å². The highest BCUT2D eigenvalue weighted by atomic mass is 16.5. The molecule has 1 N–H and O–H groups in total. The average Bonchev–Trinajstić information content (AvgIpc) is 2.16. The van der Waals surface area contributed by atoms with Gasteiger partial charge in [0.05, 0.1) is 6.10 Å². The van der Waals surface area contributed by atoms with E-state index in [4.69, 9.17) is 4.74 Å². The van der Waals surface area contributed by atoms with Crippen LogP contribution in [0.15, 0.2) is 18.2 Å². The standard InChI is InChI=1S/C14H20O2/c1-10(15)8-11-4-5-13-12(9-11)6-7-14(2,3)16-13/h4-5,9-10,15H,6-8H2,1-3H3/t10-/m0/s1. The highest BCUT2D eigenvalue weighted by Crippen LogP contribution is 2.33. The quantitative estimate of drug-likeness (QED) is 0.830. The lowest BCUT2D eigenvalue weighted by Gasteiger charge is -2.32. The Morgan fingerprint density at radius 1 is 1.44 bits per heavy atom. The Morgan fingerprint density at radius 2 is 2.19 bits per heavy atom. The minimum atomic E-state index is -0.279. The molecule has 0 aromatic heterocycles. The molecule has 1 aliphatic rings. The molecule has 1 atom stereocenters. The second-order valence-electron chi connectivity index (χ2n) is 5.36. The number of ether oxygens (including phenoxy) is 1. The summed E-state index contributed by atoms with van der Waals surface area (Å²) in [6.45, 7) is 6.07. The molecular weight excluding hydrogens is 200 g/mol. The zero-order chi connectivity index (χ0) is 11.8. The van der Waals surface area contributed by atoms with E-state index in [0.717, 1.165) is 25.0 Å². The summed E-state index contributed by atoms with van der Waals surface area (Å²) >= 11 is 0. The molecule has 0 saturated carbocycles. The predicted molar refractivity (Wildman–Crippen MR) is 64.9 cm³/mol. The molecule has 0 bridgehead atoms. The first kappa shape index (κ1) is 11.5. The van der Waals surface area contributed by atoms with Crippen LogP contribution in [-0.2, 0) is 12.8 Å². The summed E-state index contributed by atoms with van der Waals surface area (Å²) in [5, 5.41) is 9.36. The molecule has 0 unspecified atom stereocenters. The van der Waals surface area contributed by atoms with E-state index in [1.807, 2.05) is 19.1 Å². The highest BCUT2D eigenvalue weighted by molar-refractivity contribution is 5.39. The zero-order valence-electron chi connectivity index (χ0n) is 10.3. The van der Waals surface area contributed by atoms with Crippen LogP contribution in [0.1, 0.15) is 38.3 Å². The summed E-state index contributed by atoms with van der Waals surface area (Å²) in [7, 11) is 0. The smallest absolute Gasteiger partial charge is 0.123 e. The molecule has 0 radical (unpaired) electrons. The lowest BCUT2D eigenvalue weighted by atomic mass is 9.92. The van der Waals surface area contributed by atoms with Crippen molar-refractivity contribution >= 4 is 0 Å². The number of aryl methyl sites for hydroxylation is 1. The molecule has 2 rings (SSSR count). The van der Waals surface area contributed by atoms with Gasteiger partial charge in [-0.05, 0) is 57.2 Å². The number of benzene rings is 1. The molecule has 0 fully saturated rings. The van der Waals surface area contributed by atoms with Crippen LogP contribution in [-0.4, -0.2) is 16.8 Å². The van der Waals surface area contributed by atoms with Crippen LogP contribution in [0.5, 0.6) is 5.75 Å². The van der Waals surface area contributed by atoms with E-state index in [2.05, 4.69) is 19.9 Å². The zero-order valence-corrected chi connectivity index (χ0v) is 10.3. The first-order valence-corrected chi connectivity index (χ1v) is 5.95. The maximum absolute atomic E-state index is 9.36. The van der Waals surface area contributed by atoms with Crippen molar-refractivity contribution in [1.82, 2.24) is 0 Å². The second kappa shape index (κ2) is 4.10. The van der Waals surface area contributed by atoms with Crippen LogP contribution in [0.25, 0.3) is 0 Å². The first-order chi connectivity index (χ1) is 7.46. The van der Waals surface area contributed by atoms with Gasteiger partial charge in [-0.2, -0.15) is 0 Å². The molecule has 0 amide bonds. The van der Waals surface area contributed by atoms with Gasteiger partial charge in [0.25, 0.3) is 0 Å². The maximum atomic E-state index is 9.36. The van der Waals surface area contributed by atoms with Crippen LogP contribution >= 0.6 is 0 Å². The van der Waals surface area contributed by atoms with Crippen molar-refractivity contribution in [3.8, 4) is 5.75 Å². The summed E-state index contributed by atoms with van der Waals surface area (Å²) in [5.41, 5.74) is 2.42. The summed E-state index contributed by atoms with van der Waals surface area (Å²) in [6, 6.07) is 6.25. The monoisotopic (exact) mass is 220 g/mol. The Bertz CT molecular complexity index is 380. The van der Waals surface area contributed by atoms with E-state index < -0.39 is 0 Å². The fourth-order valence-electron chi connectivity index (χ4n) is 2.18. The van der Waals surface area contributed by atoms with Gasteiger partial charge in [0.2, 0.25) is 0 Å². The normalized spacial score (nSPS) is 19.8. The van der Waals surface area contributed by atoms with E-state index in [1.54, 1.807) is 0 Å². The number of aliphatic hydroxyl groups excluding tert-OH is 1. The van der Waals surface area contributed by atoms with Crippen molar-refractivity contribution < 1.29 is 9.84 Å². The predicted octanol–water partition coefficient (Wildman–Crippen LogP) is 2.71. The molecule has 2 heteroatoms. The van der Waals surface area contributed by atoms with Crippen LogP contribution in [0.3, 0.4) is 0 Å². The number of fused-ring (bicyclic) bond motifs is 1. The molecular formula is C14H20O2. The molecule has 2 nitrogen and oxygen atoms in total. The van der Waals surface area contributed by atoms with Crippen molar-refractivity contribution in [2.45, 2.75) is 51.7 Å². The van der Waals surface area contributed by atoms with Gasteiger partial charge in [0.1, 0.15) is 11.4 Å². The molecule has 1 aliphatic heterocycles. The summed E-state index contributed by atoms with van der Waals surface area (Å²) in [6.07, 6.45) is 2.56. The third-order valence-corrected chi connectivity index (χ3v) is 3.04. The van der Waals surface area contributed by atoms with Gasteiger partial charge < -0.3 is 9.84 Å². The van der Waals surface area contributed by atoms with Crippen molar-refractivity contribution in [3.05, 3.63) is 29.3 Å². The largest absolute Gasteiger partial charge is 0.488 e. The third kappa shape index (κ3) is 2.56. The Kier molecular flexibility index (Phi) is 2.94. The van der Waals surface area contributed by atoms with Crippen molar-refractivity contribution in [2.75, 3.05) is 0 Å². The summed E-state index contributed by atoms with van der Waals surface area (Å²) < 4.78 is 5.92. The van der Waals surface area contributed by atoms with E-state index >= 15 is 0 Å². The minimum Gasteiger partial charge on any atom is -0.488 e. The van der Waals surface area contributed by atoms with E-state index in [0.29, 0.717) is 0 Å². The van der Waals surface area contributed by atoms with Gasteiger partial charge in [0, 0.05) is 0 Å². The van der Waals surface area contributed by atoms with Gasteiger partial charge >= 0.3 is 0 Å². The van der Waals surface area contributed by atoms with Crippen LogP contribution < -0.4 is 4.74 Å². The topological polar surface area (TPSA) is 29.5 Å². The van der Waals surface area contributed by atoms with E-state index in [1.165, 1.54) is 11.1 Å². The summed E-state index contributed by atoms with van der Waals surface area (Å²) in [5.74, 6) is 1.01. The molecule has 88 valence electrons. The van der Waals surface area contributed by atoms with Gasteiger partial charge in [-0.3, -0.25) is 0 Å². The first-order valence-electron chi connectivity index (χ1n) is 5.95. The maximum Gasteiger partial charge on any atom is 0.123 e. The second-order valence-corrected chi connectivity index (χ2v) is 5.36. The lowest BCUT2D eigenvalue weighted by molar-refractivity contribution is 0.0846. The Balaban J connectivity index is 2.21. The SMILES string of the molecule is C[C@H](O)Cc1ccc2c(c1)CCC(C)(C)O2. The van der Waals surface area contributed by atoms with Gasteiger partial charge in [-0.15, -0.1) is 0 Å². The number of hydrogen-bond donors (Lipinski definition) is 1. The molecule has 0 spiro atoms. The fraction of sp³-hybridized carbons (Fsp3) is 0.571. The fourth-order valence-corrected chi connectivity index (χ4v) is 2.18. The molecule has 1 heterocycles. The van der Waals surface area contributed by atoms with Crippen LogP contribution in [0, 0.1) is 0 Å². The lowest BCUT2D eigenvalue weighted by Crippen LogP contribution is -2.32. The van der Waals surface area contributed by atoms with Gasteiger partial charge in [0.15, 0.2) is 0 Å². The van der Waals surface area contributed by atoms with Crippen molar-refractivity contribution in [3.63, 3.8) is 0 Å². The molecule has 0 aliphatic carbocycles. The number of aliphatic hydroxyl groups is 1. The van der Waals surface area contributed by atoms with Crippen molar-refractivity contribution in [1.29, 1.82) is 0 Å². The number of hydrogen-bond acceptors (Lipinski definition) is 2. The highest BCUT2D eigenvalue weighted by Gasteiger charge is 2.26.